The maximum absolute atomic E-state index is 12.9. The summed E-state index contributed by atoms with van der Waals surface area (Å²) >= 11 is 0. The number of allylic oxidation sites excluding steroid dienone is 12. The molecule has 0 amide bonds. The zero-order valence-electron chi connectivity index (χ0n) is 47.0. The molecule has 71 heavy (non-hydrogen) atoms. The average molecular weight is 992 g/mol. The standard InChI is InChI=1S/C65H114O6/c1-4-7-10-13-16-19-22-25-28-30-31-32-33-35-37-40-43-46-49-52-55-58-64(67)70-61-62(60-69-63(66)57-54-51-48-45-42-39-36-27-24-21-18-15-12-9-6-3)71-65(68)59-56-53-50-47-44-41-38-34-29-26-23-20-17-14-11-8-5-2/h7,10,16,19,25,28,31-32,35,37,43,46,62H,4-6,8-9,11-15,17-18,20-24,26-27,29-30,33-34,36,38-42,44-45,47-61H2,1-3H3/b10-7-,19-16-,28-25-,32-31-,37-35-,46-43-. The van der Waals surface area contributed by atoms with Crippen LogP contribution in [0.1, 0.15) is 303 Å². The Bertz CT molecular complexity index is 1320. The van der Waals surface area contributed by atoms with Gasteiger partial charge in [0.15, 0.2) is 6.10 Å². The topological polar surface area (TPSA) is 78.9 Å². The number of carbonyl (C=O) groups excluding carboxylic acids is 3. The highest BCUT2D eigenvalue weighted by atomic mass is 16.6. The van der Waals surface area contributed by atoms with Gasteiger partial charge in [-0.3, -0.25) is 14.4 Å². The third-order valence-electron chi connectivity index (χ3n) is 13.2. The molecule has 0 heterocycles. The minimum Gasteiger partial charge on any atom is -0.462 e. The molecule has 0 aromatic rings. The molecule has 410 valence electrons. The molecule has 0 fully saturated rings. The van der Waals surface area contributed by atoms with Crippen LogP contribution < -0.4 is 0 Å². The van der Waals surface area contributed by atoms with Crippen LogP contribution in [-0.4, -0.2) is 37.2 Å². The maximum Gasteiger partial charge on any atom is 0.306 e. The Kier molecular flexibility index (Phi) is 56.8. The molecule has 0 saturated carbocycles. The summed E-state index contributed by atoms with van der Waals surface area (Å²) in [5.74, 6) is -0.914. The smallest absolute Gasteiger partial charge is 0.306 e. The predicted octanol–water partition coefficient (Wildman–Crippen LogP) is 20.5. The van der Waals surface area contributed by atoms with E-state index in [0.29, 0.717) is 19.3 Å². The fraction of sp³-hybridized carbons (Fsp3) is 0.769. The van der Waals surface area contributed by atoms with Crippen LogP contribution in [0.2, 0.25) is 0 Å². The van der Waals surface area contributed by atoms with Crippen molar-refractivity contribution in [2.75, 3.05) is 13.2 Å². The molecule has 1 unspecified atom stereocenters. The largest absolute Gasteiger partial charge is 0.462 e. The van der Waals surface area contributed by atoms with Crippen molar-refractivity contribution in [3.05, 3.63) is 72.9 Å². The fourth-order valence-electron chi connectivity index (χ4n) is 8.68. The van der Waals surface area contributed by atoms with Crippen LogP contribution in [0.5, 0.6) is 0 Å². The van der Waals surface area contributed by atoms with Crippen molar-refractivity contribution < 1.29 is 28.6 Å². The molecule has 0 aliphatic rings. The second-order valence-corrected chi connectivity index (χ2v) is 20.2. The Balaban J connectivity index is 4.42. The third kappa shape index (κ3) is 57.6. The molecular formula is C65H114O6. The summed E-state index contributed by atoms with van der Waals surface area (Å²) < 4.78 is 16.9. The molecule has 0 radical (unpaired) electrons. The highest BCUT2D eigenvalue weighted by Gasteiger charge is 2.19. The van der Waals surface area contributed by atoms with E-state index in [-0.39, 0.29) is 31.1 Å². The second kappa shape index (κ2) is 59.4. The van der Waals surface area contributed by atoms with Crippen LogP contribution in [0.3, 0.4) is 0 Å². The lowest BCUT2D eigenvalue weighted by Crippen LogP contribution is -2.30. The summed E-state index contributed by atoms with van der Waals surface area (Å²) in [7, 11) is 0. The van der Waals surface area contributed by atoms with Crippen molar-refractivity contribution >= 4 is 17.9 Å². The van der Waals surface area contributed by atoms with Crippen LogP contribution in [0.15, 0.2) is 72.9 Å². The Hall–Kier alpha value is -3.15. The van der Waals surface area contributed by atoms with Gasteiger partial charge in [-0.05, 0) is 70.6 Å². The molecule has 0 N–H and O–H groups in total. The molecule has 0 spiro atoms. The number of hydrogen-bond donors (Lipinski definition) is 0. The molecule has 6 heteroatoms. The van der Waals surface area contributed by atoms with Gasteiger partial charge >= 0.3 is 17.9 Å². The summed E-state index contributed by atoms with van der Waals surface area (Å²) in [4.78, 5) is 38.2. The van der Waals surface area contributed by atoms with E-state index in [4.69, 9.17) is 14.2 Å². The molecule has 0 aromatic carbocycles. The highest BCUT2D eigenvalue weighted by molar-refractivity contribution is 5.71. The Labute approximate surface area is 440 Å². The van der Waals surface area contributed by atoms with Gasteiger partial charge < -0.3 is 14.2 Å². The van der Waals surface area contributed by atoms with E-state index >= 15 is 0 Å². The number of rotatable bonds is 55. The molecular weight excluding hydrogens is 877 g/mol. The molecule has 6 nitrogen and oxygen atoms in total. The first-order valence-electron chi connectivity index (χ1n) is 30.4. The SMILES string of the molecule is CC/C=C\C/C=C\C/C=C\C/C=C\C/C=C\C/C=C\CCCCC(=O)OCC(COC(=O)CCCCCCCCCCCCCCCCC)OC(=O)CCCCCCCCCCCCCCCCCCC. The van der Waals surface area contributed by atoms with Gasteiger partial charge in [-0.1, -0.05) is 286 Å². The van der Waals surface area contributed by atoms with Gasteiger partial charge in [-0.25, -0.2) is 0 Å². The van der Waals surface area contributed by atoms with E-state index in [2.05, 4.69) is 93.7 Å². The van der Waals surface area contributed by atoms with E-state index in [1.54, 1.807) is 0 Å². The van der Waals surface area contributed by atoms with Gasteiger partial charge in [-0.15, -0.1) is 0 Å². The number of unbranched alkanes of at least 4 members (excludes halogenated alkanes) is 32. The van der Waals surface area contributed by atoms with Gasteiger partial charge in [0.25, 0.3) is 0 Å². The first-order valence-corrected chi connectivity index (χ1v) is 30.4. The summed E-state index contributed by atoms with van der Waals surface area (Å²) in [5, 5.41) is 0. The highest BCUT2D eigenvalue weighted by Crippen LogP contribution is 2.17. The van der Waals surface area contributed by atoms with Gasteiger partial charge in [0.2, 0.25) is 0 Å². The lowest BCUT2D eigenvalue weighted by Gasteiger charge is -2.18. The van der Waals surface area contributed by atoms with E-state index in [1.807, 2.05) is 0 Å². The molecule has 0 bridgehead atoms. The van der Waals surface area contributed by atoms with Gasteiger partial charge in [0.05, 0.1) is 0 Å². The van der Waals surface area contributed by atoms with Crippen LogP contribution in [0.25, 0.3) is 0 Å². The summed E-state index contributed by atoms with van der Waals surface area (Å²) in [6.07, 6.45) is 76.1. The van der Waals surface area contributed by atoms with Crippen molar-refractivity contribution in [1.82, 2.24) is 0 Å². The summed E-state index contributed by atoms with van der Waals surface area (Å²) in [6.45, 7) is 6.53. The van der Waals surface area contributed by atoms with Gasteiger partial charge in [-0.2, -0.15) is 0 Å². The molecule has 0 saturated heterocycles. The van der Waals surface area contributed by atoms with Crippen molar-refractivity contribution in [3.63, 3.8) is 0 Å². The molecule has 0 rings (SSSR count). The Morgan fingerprint density at radius 1 is 0.296 bits per heavy atom. The monoisotopic (exact) mass is 991 g/mol. The van der Waals surface area contributed by atoms with E-state index in [9.17, 15) is 14.4 Å². The number of esters is 3. The average Bonchev–Trinajstić information content (AvgIpc) is 3.37. The number of ether oxygens (including phenoxy) is 3. The fourth-order valence-corrected chi connectivity index (χ4v) is 8.68. The van der Waals surface area contributed by atoms with Crippen molar-refractivity contribution in [2.45, 2.75) is 309 Å². The van der Waals surface area contributed by atoms with Crippen LogP contribution in [0, 0.1) is 0 Å². The van der Waals surface area contributed by atoms with E-state index in [1.165, 1.54) is 167 Å². The van der Waals surface area contributed by atoms with E-state index < -0.39 is 6.10 Å². The van der Waals surface area contributed by atoms with Crippen LogP contribution in [-0.2, 0) is 28.6 Å². The predicted molar refractivity (Wildman–Crippen MR) is 307 cm³/mol. The van der Waals surface area contributed by atoms with Crippen LogP contribution >= 0.6 is 0 Å². The molecule has 0 aromatic heterocycles. The molecule has 0 aliphatic carbocycles. The second-order valence-electron chi connectivity index (χ2n) is 20.2. The third-order valence-corrected chi connectivity index (χ3v) is 13.2. The molecule has 0 aliphatic heterocycles. The zero-order chi connectivity index (χ0) is 51.4. The lowest BCUT2D eigenvalue weighted by molar-refractivity contribution is -0.167. The van der Waals surface area contributed by atoms with Crippen molar-refractivity contribution in [3.8, 4) is 0 Å². The van der Waals surface area contributed by atoms with Crippen molar-refractivity contribution in [2.24, 2.45) is 0 Å². The zero-order valence-corrected chi connectivity index (χ0v) is 47.0. The normalized spacial score (nSPS) is 12.5. The van der Waals surface area contributed by atoms with Crippen molar-refractivity contribution in [1.29, 1.82) is 0 Å². The first-order chi connectivity index (χ1) is 35.0. The van der Waals surface area contributed by atoms with Crippen LogP contribution in [0.4, 0.5) is 0 Å². The van der Waals surface area contributed by atoms with Gasteiger partial charge in [0.1, 0.15) is 13.2 Å². The minimum absolute atomic E-state index is 0.0850. The van der Waals surface area contributed by atoms with E-state index in [0.717, 1.165) is 96.3 Å². The molecule has 1 atom stereocenters. The number of carbonyl (C=O) groups is 3. The summed E-state index contributed by atoms with van der Waals surface area (Å²) in [5.41, 5.74) is 0. The van der Waals surface area contributed by atoms with Gasteiger partial charge in [0, 0.05) is 19.3 Å². The first kappa shape index (κ1) is 67.8. The Morgan fingerprint density at radius 3 is 0.859 bits per heavy atom. The quantitative estimate of drug-likeness (QED) is 0.0261. The minimum atomic E-state index is -0.791. The summed E-state index contributed by atoms with van der Waals surface area (Å²) in [6, 6.07) is 0. The number of hydrogen-bond acceptors (Lipinski definition) is 6. The Morgan fingerprint density at radius 2 is 0.549 bits per heavy atom. The maximum atomic E-state index is 12.9. The lowest BCUT2D eigenvalue weighted by atomic mass is 10.0.